The number of aliphatic hydroxyl groups is 2. The van der Waals surface area contributed by atoms with Gasteiger partial charge in [0.15, 0.2) is 0 Å². The molecule has 0 aliphatic heterocycles. The first-order valence-corrected chi connectivity index (χ1v) is 6.18. The van der Waals surface area contributed by atoms with E-state index in [4.69, 9.17) is 20.3 Å². The number of nitrogens with zero attached hydrogens (tertiary/aromatic N) is 1. The predicted molar refractivity (Wildman–Crippen MR) is 80.3 cm³/mol. The Morgan fingerprint density at radius 1 is 1.05 bits per heavy atom. The molecule has 2 rings (SSSR count). The lowest BCUT2D eigenvalue weighted by Crippen LogP contribution is -2.44. The van der Waals surface area contributed by atoms with Crippen molar-refractivity contribution >= 4 is 18.7 Å². The molecule has 2 aromatic heterocycles. The predicted octanol–water partition coefficient (Wildman–Crippen LogP) is 0.329. The SMILES string of the molecule is CC(C)(O)C(C)(C)O.OBO.c1cnc2[nH]ccc2c1. The number of hydrogen-bond acceptors (Lipinski definition) is 5. The maximum Gasteiger partial charge on any atom is 0.432 e. The van der Waals surface area contributed by atoms with Gasteiger partial charge in [-0.25, -0.2) is 4.98 Å². The van der Waals surface area contributed by atoms with E-state index in [9.17, 15) is 0 Å². The van der Waals surface area contributed by atoms with Gasteiger partial charge in [-0.15, -0.1) is 0 Å². The molecule has 0 amide bonds. The third kappa shape index (κ3) is 6.67. The fraction of sp³-hybridized carbons (Fsp3) is 0.462. The van der Waals surface area contributed by atoms with E-state index in [2.05, 4.69) is 9.97 Å². The smallest absolute Gasteiger partial charge is 0.430 e. The molecule has 2 heterocycles. The van der Waals surface area contributed by atoms with Crippen LogP contribution in [0, 0.1) is 0 Å². The van der Waals surface area contributed by atoms with Gasteiger partial charge in [0.2, 0.25) is 0 Å². The van der Waals surface area contributed by atoms with Gasteiger partial charge in [-0.3, -0.25) is 0 Å². The zero-order valence-corrected chi connectivity index (χ0v) is 12.3. The van der Waals surface area contributed by atoms with Crippen molar-refractivity contribution in [3.63, 3.8) is 0 Å². The molecule has 5 N–H and O–H groups in total. The summed E-state index contributed by atoms with van der Waals surface area (Å²) < 4.78 is 0. The maximum atomic E-state index is 9.10. The first-order chi connectivity index (χ1) is 9.13. The van der Waals surface area contributed by atoms with Crippen molar-refractivity contribution in [3.05, 3.63) is 30.6 Å². The lowest BCUT2D eigenvalue weighted by Gasteiger charge is -2.31. The maximum absolute atomic E-state index is 9.10. The van der Waals surface area contributed by atoms with Crippen LogP contribution in [-0.2, 0) is 0 Å². The van der Waals surface area contributed by atoms with Gasteiger partial charge in [-0.1, -0.05) is 0 Å². The van der Waals surface area contributed by atoms with Crippen molar-refractivity contribution in [3.8, 4) is 0 Å². The molecule has 0 bridgehead atoms. The molecule has 112 valence electrons. The van der Waals surface area contributed by atoms with E-state index in [1.54, 1.807) is 33.9 Å². The quantitative estimate of drug-likeness (QED) is 0.484. The molecular weight excluding hydrogens is 259 g/mol. The van der Waals surface area contributed by atoms with Crippen molar-refractivity contribution in [2.45, 2.75) is 38.9 Å². The summed E-state index contributed by atoms with van der Waals surface area (Å²) in [6.45, 7) is 6.31. The summed E-state index contributed by atoms with van der Waals surface area (Å²) in [5, 5.41) is 33.6. The summed E-state index contributed by atoms with van der Waals surface area (Å²) >= 11 is 0. The average molecular weight is 282 g/mol. The zero-order valence-electron chi connectivity index (χ0n) is 12.3. The highest BCUT2D eigenvalue weighted by Gasteiger charge is 2.31. The Bertz CT molecular complexity index is 447. The molecule has 0 atom stereocenters. The summed E-state index contributed by atoms with van der Waals surface area (Å²) in [4.78, 5) is 7.09. The van der Waals surface area contributed by atoms with Gasteiger partial charge in [0, 0.05) is 17.8 Å². The van der Waals surface area contributed by atoms with Crippen molar-refractivity contribution in [1.29, 1.82) is 0 Å². The van der Waals surface area contributed by atoms with Crippen molar-refractivity contribution in [2.24, 2.45) is 0 Å². The molecule has 0 fully saturated rings. The summed E-state index contributed by atoms with van der Waals surface area (Å²) in [5.74, 6) is 0. The van der Waals surface area contributed by atoms with Crippen molar-refractivity contribution in [2.75, 3.05) is 0 Å². The molecule has 20 heavy (non-hydrogen) atoms. The number of rotatable bonds is 1. The lowest BCUT2D eigenvalue weighted by atomic mass is 9.90. The number of nitrogens with one attached hydrogen (secondary N) is 1. The van der Waals surface area contributed by atoms with Crippen LogP contribution >= 0.6 is 0 Å². The van der Waals surface area contributed by atoms with E-state index in [0.29, 0.717) is 0 Å². The van der Waals surface area contributed by atoms with E-state index in [1.165, 1.54) is 0 Å². The highest BCUT2D eigenvalue weighted by Crippen LogP contribution is 2.19. The lowest BCUT2D eigenvalue weighted by molar-refractivity contribution is -0.107. The Morgan fingerprint density at radius 2 is 1.55 bits per heavy atom. The highest BCUT2D eigenvalue weighted by atomic mass is 16.4. The highest BCUT2D eigenvalue weighted by molar-refractivity contribution is 6.13. The second kappa shape index (κ2) is 8.01. The van der Waals surface area contributed by atoms with Gasteiger partial charge in [0.05, 0.1) is 11.2 Å². The number of H-pyrrole nitrogens is 1. The van der Waals surface area contributed by atoms with Gasteiger partial charge < -0.3 is 25.2 Å². The van der Waals surface area contributed by atoms with Crippen LogP contribution in [0.2, 0.25) is 0 Å². The standard InChI is InChI=1S/C7H6N2.C6H14O2.BH3O2/c1-2-6-3-5-9-7(6)8-4-1;1-5(2,7)6(3,4)8;2-1-3/h1-5H,(H,8,9);7-8H,1-4H3;1-3H. The molecular formula is C13H23BN2O4. The summed E-state index contributed by atoms with van der Waals surface area (Å²) in [6, 6.07) is 5.96. The van der Waals surface area contributed by atoms with Gasteiger partial charge in [-0.2, -0.15) is 0 Å². The summed E-state index contributed by atoms with van der Waals surface area (Å²) in [5.41, 5.74) is -1.06. The number of aromatic amines is 1. The summed E-state index contributed by atoms with van der Waals surface area (Å²) in [7, 11) is -0.750. The average Bonchev–Trinajstić information content (AvgIpc) is 2.76. The second-order valence-corrected chi connectivity index (χ2v) is 5.18. The minimum Gasteiger partial charge on any atom is -0.430 e. The third-order valence-electron chi connectivity index (χ3n) is 2.82. The molecule has 0 aliphatic rings. The van der Waals surface area contributed by atoms with Crippen LogP contribution in [0.1, 0.15) is 27.7 Å². The first kappa shape index (κ1) is 18.6. The Hall–Kier alpha value is -1.41. The zero-order chi connectivity index (χ0) is 15.8. The monoisotopic (exact) mass is 282 g/mol. The number of fused-ring (bicyclic) bond motifs is 1. The number of hydrogen-bond donors (Lipinski definition) is 5. The van der Waals surface area contributed by atoms with Crippen LogP contribution in [0.5, 0.6) is 0 Å². The Balaban J connectivity index is 0.000000306. The molecule has 0 saturated carbocycles. The van der Waals surface area contributed by atoms with Gasteiger partial charge in [-0.05, 0) is 45.9 Å². The molecule has 6 nitrogen and oxygen atoms in total. The largest absolute Gasteiger partial charge is 0.432 e. The van der Waals surface area contributed by atoms with Gasteiger partial charge >= 0.3 is 7.69 Å². The minimum atomic E-state index is -1.01. The number of aromatic nitrogens is 2. The van der Waals surface area contributed by atoms with Crippen LogP contribution in [-0.4, -0.2) is 49.1 Å². The van der Waals surface area contributed by atoms with Crippen LogP contribution in [0.3, 0.4) is 0 Å². The topological polar surface area (TPSA) is 110 Å². The van der Waals surface area contributed by atoms with E-state index in [1.807, 2.05) is 24.4 Å². The van der Waals surface area contributed by atoms with Crippen LogP contribution in [0.15, 0.2) is 30.6 Å². The molecule has 0 unspecified atom stereocenters. The molecule has 7 heteroatoms. The van der Waals surface area contributed by atoms with E-state index < -0.39 is 18.9 Å². The third-order valence-corrected chi connectivity index (χ3v) is 2.82. The molecule has 0 aliphatic carbocycles. The van der Waals surface area contributed by atoms with E-state index >= 15 is 0 Å². The fourth-order valence-corrected chi connectivity index (χ4v) is 0.883. The Labute approximate surface area is 119 Å². The number of pyridine rings is 1. The Morgan fingerprint density at radius 3 is 1.95 bits per heavy atom. The van der Waals surface area contributed by atoms with E-state index in [0.717, 1.165) is 11.0 Å². The summed E-state index contributed by atoms with van der Waals surface area (Å²) in [6.07, 6.45) is 3.66. The van der Waals surface area contributed by atoms with Crippen LogP contribution < -0.4 is 0 Å². The van der Waals surface area contributed by atoms with Crippen LogP contribution in [0.25, 0.3) is 11.0 Å². The van der Waals surface area contributed by atoms with Gasteiger partial charge in [0.1, 0.15) is 5.65 Å². The van der Waals surface area contributed by atoms with Crippen molar-refractivity contribution < 1.29 is 20.3 Å². The molecule has 2 aromatic rings. The molecule has 0 aromatic carbocycles. The first-order valence-electron chi connectivity index (χ1n) is 6.18. The molecule has 0 radical (unpaired) electrons. The van der Waals surface area contributed by atoms with E-state index in [-0.39, 0.29) is 0 Å². The second-order valence-electron chi connectivity index (χ2n) is 5.18. The normalized spacial score (nSPS) is 11.0. The fourth-order valence-electron chi connectivity index (χ4n) is 0.883. The molecule has 0 spiro atoms. The van der Waals surface area contributed by atoms with Gasteiger partial charge in [0.25, 0.3) is 0 Å². The van der Waals surface area contributed by atoms with Crippen LogP contribution in [0.4, 0.5) is 0 Å². The Kier molecular flexibility index (Phi) is 7.45. The molecule has 0 saturated heterocycles. The van der Waals surface area contributed by atoms with Crippen molar-refractivity contribution in [1.82, 2.24) is 9.97 Å². The minimum absolute atomic E-state index is 0.750.